The molecule has 17 heavy (non-hydrogen) atoms. The first-order valence-electron chi connectivity index (χ1n) is 5.46. The van der Waals surface area contributed by atoms with Crippen molar-refractivity contribution in [3.63, 3.8) is 0 Å². The summed E-state index contributed by atoms with van der Waals surface area (Å²) in [5, 5.41) is 2.65. The summed E-state index contributed by atoms with van der Waals surface area (Å²) in [7, 11) is 0. The first kappa shape index (κ1) is 14.1. The van der Waals surface area contributed by atoms with Crippen molar-refractivity contribution < 1.29 is 13.9 Å². The van der Waals surface area contributed by atoms with Crippen molar-refractivity contribution >= 4 is 21.8 Å². The minimum absolute atomic E-state index is 0.0517. The van der Waals surface area contributed by atoms with E-state index in [0.717, 1.165) is 6.42 Å². The summed E-state index contributed by atoms with van der Waals surface area (Å²) in [6.45, 7) is 3.65. The van der Waals surface area contributed by atoms with Gasteiger partial charge in [0.2, 0.25) is 0 Å². The van der Waals surface area contributed by atoms with Crippen LogP contribution in [0.3, 0.4) is 0 Å². The van der Waals surface area contributed by atoms with Crippen molar-refractivity contribution in [1.82, 2.24) is 5.32 Å². The molecule has 0 saturated carbocycles. The van der Waals surface area contributed by atoms with Crippen LogP contribution in [0, 0.1) is 5.82 Å². The van der Waals surface area contributed by atoms with Gasteiger partial charge in [0.05, 0.1) is 5.56 Å². The van der Waals surface area contributed by atoms with Crippen molar-refractivity contribution in [3.05, 3.63) is 34.1 Å². The van der Waals surface area contributed by atoms with E-state index in [9.17, 15) is 9.18 Å². The van der Waals surface area contributed by atoms with Gasteiger partial charge in [-0.25, -0.2) is 4.39 Å². The van der Waals surface area contributed by atoms with E-state index in [4.69, 9.17) is 4.74 Å². The van der Waals surface area contributed by atoms with Crippen molar-refractivity contribution in [2.45, 2.75) is 13.3 Å². The van der Waals surface area contributed by atoms with Crippen LogP contribution in [0.25, 0.3) is 0 Å². The monoisotopic (exact) mass is 303 g/mol. The molecule has 0 saturated heterocycles. The summed E-state index contributed by atoms with van der Waals surface area (Å²) in [5.41, 5.74) is 0.0517. The normalized spacial score (nSPS) is 10.3. The molecule has 0 heterocycles. The Kier molecular flexibility index (Phi) is 6.15. The fourth-order valence-electron chi connectivity index (χ4n) is 1.29. The van der Waals surface area contributed by atoms with Gasteiger partial charge in [0.15, 0.2) is 0 Å². The van der Waals surface area contributed by atoms with Crippen LogP contribution >= 0.6 is 15.9 Å². The molecule has 0 atom stereocenters. The van der Waals surface area contributed by atoms with E-state index in [-0.39, 0.29) is 5.56 Å². The number of benzene rings is 1. The quantitative estimate of drug-likeness (QED) is 0.821. The summed E-state index contributed by atoms with van der Waals surface area (Å²) in [6, 6.07) is 4.29. The lowest BCUT2D eigenvalue weighted by molar-refractivity contribution is 0.0940. The number of rotatable bonds is 6. The molecule has 0 bridgehead atoms. The van der Waals surface area contributed by atoms with Crippen molar-refractivity contribution in [3.8, 4) is 0 Å². The Balaban J connectivity index is 2.44. The van der Waals surface area contributed by atoms with Gasteiger partial charge in [-0.1, -0.05) is 15.9 Å². The Morgan fingerprint density at radius 1 is 1.53 bits per heavy atom. The van der Waals surface area contributed by atoms with Crippen LogP contribution in [0.15, 0.2) is 22.7 Å². The highest BCUT2D eigenvalue weighted by molar-refractivity contribution is 9.10. The summed E-state index contributed by atoms with van der Waals surface area (Å²) >= 11 is 3.20. The summed E-state index contributed by atoms with van der Waals surface area (Å²) in [5.74, 6) is -0.921. The Morgan fingerprint density at radius 3 is 3.00 bits per heavy atom. The zero-order valence-corrected chi connectivity index (χ0v) is 11.2. The second-order valence-corrected chi connectivity index (χ2v) is 4.35. The molecule has 0 aliphatic heterocycles. The van der Waals surface area contributed by atoms with Gasteiger partial charge in [-0.15, -0.1) is 0 Å². The van der Waals surface area contributed by atoms with Crippen molar-refractivity contribution in [2.75, 3.05) is 19.8 Å². The van der Waals surface area contributed by atoms with E-state index in [0.29, 0.717) is 24.2 Å². The molecule has 0 radical (unpaired) electrons. The van der Waals surface area contributed by atoms with E-state index in [1.54, 1.807) is 6.07 Å². The second-order valence-electron chi connectivity index (χ2n) is 3.43. The van der Waals surface area contributed by atoms with Crippen LogP contribution in [-0.4, -0.2) is 25.7 Å². The molecule has 0 fully saturated rings. The van der Waals surface area contributed by atoms with Gasteiger partial charge in [0.25, 0.3) is 5.91 Å². The van der Waals surface area contributed by atoms with E-state index in [1.165, 1.54) is 12.1 Å². The Bertz CT molecular complexity index is 385. The topological polar surface area (TPSA) is 38.3 Å². The van der Waals surface area contributed by atoms with Crippen LogP contribution in [0.5, 0.6) is 0 Å². The van der Waals surface area contributed by atoms with Gasteiger partial charge >= 0.3 is 0 Å². The van der Waals surface area contributed by atoms with Crippen LogP contribution in [0.2, 0.25) is 0 Å². The van der Waals surface area contributed by atoms with Gasteiger partial charge in [-0.2, -0.15) is 0 Å². The predicted octanol–water partition coefficient (Wildman–Crippen LogP) is 2.74. The van der Waals surface area contributed by atoms with Gasteiger partial charge in [-0.3, -0.25) is 4.79 Å². The lowest BCUT2D eigenvalue weighted by Crippen LogP contribution is -2.26. The first-order chi connectivity index (χ1) is 8.15. The zero-order chi connectivity index (χ0) is 12.7. The molecule has 1 aromatic carbocycles. The molecule has 3 nitrogen and oxygen atoms in total. The molecule has 1 N–H and O–H groups in total. The summed E-state index contributed by atoms with van der Waals surface area (Å²) < 4.78 is 19.2. The lowest BCUT2D eigenvalue weighted by atomic mass is 10.2. The Hall–Kier alpha value is -0.940. The fraction of sp³-hybridized carbons (Fsp3) is 0.417. The third-order valence-electron chi connectivity index (χ3n) is 2.13. The molecule has 1 amide bonds. The highest BCUT2D eigenvalue weighted by Gasteiger charge is 2.11. The number of carbonyl (C=O) groups excluding carboxylic acids is 1. The second kappa shape index (κ2) is 7.40. The van der Waals surface area contributed by atoms with Gasteiger partial charge in [0.1, 0.15) is 5.82 Å². The minimum atomic E-state index is -0.518. The highest BCUT2D eigenvalue weighted by Crippen LogP contribution is 2.15. The molecule has 94 valence electrons. The SMILES string of the molecule is CCOCCCNC(=O)c1cc(Br)ccc1F. The smallest absolute Gasteiger partial charge is 0.254 e. The van der Waals surface area contributed by atoms with E-state index >= 15 is 0 Å². The Morgan fingerprint density at radius 2 is 2.29 bits per heavy atom. The molecule has 0 aliphatic carbocycles. The molecule has 0 spiro atoms. The standard InChI is InChI=1S/C12H15BrFNO2/c1-2-17-7-3-6-15-12(16)10-8-9(13)4-5-11(10)14/h4-5,8H,2-3,6-7H2,1H3,(H,15,16). The van der Waals surface area contributed by atoms with Gasteiger partial charge < -0.3 is 10.1 Å². The molecular formula is C12H15BrFNO2. The summed E-state index contributed by atoms with van der Waals surface area (Å²) in [4.78, 5) is 11.6. The maximum absolute atomic E-state index is 13.3. The third-order valence-corrected chi connectivity index (χ3v) is 2.62. The van der Waals surface area contributed by atoms with E-state index in [1.807, 2.05) is 6.92 Å². The number of halogens is 2. The number of hydrogen-bond donors (Lipinski definition) is 1. The largest absolute Gasteiger partial charge is 0.382 e. The number of carbonyl (C=O) groups is 1. The highest BCUT2D eigenvalue weighted by atomic mass is 79.9. The number of amides is 1. The van der Waals surface area contributed by atoms with Crippen LogP contribution in [0.1, 0.15) is 23.7 Å². The molecule has 1 rings (SSSR count). The van der Waals surface area contributed by atoms with Crippen LogP contribution in [-0.2, 0) is 4.74 Å². The maximum atomic E-state index is 13.3. The van der Waals surface area contributed by atoms with Crippen LogP contribution in [0.4, 0.5) is 4.39 Å². The molecule has 0 unspecified atom stereocenters. The third kappa shape index (κ3) is 4.83. The fourth-order valence-corrected chi connectivity index (χ4v) is 1.65. The van der Waals surface area contributed by atoms with Gasteiger partial charge in [-0.05, 0) is 31.5 Å². The number of ether oxygens (including phenoxy) is 1. The van der Waals surface area contributed by atoms with Crippen molar-refractivity contribution in [1.29, 1.82) is 0 Å². The van der Waals surface area contributed by atoms with Crippen molar-refractivity contribution in [2.24, 2.45) is 0 Å². The number of nitrogens with one attached hydrogen (secondary N) is 1. The zero-order valence-electron chi connectivity index (χ0n) is 9.63. The van der Waals surface area contributed by atoms with Gasteiger partial charge in [0, 0.05) is 24.2 Å². The van der Waals surface area contributed by atoms with E-state index in [2.05, 4.69) is 21.2 Å². The average molecular weight is 304 g/mol. The summed E-state index contributed by atoms with van der Waals surface area (Å²) in [6.07, 6.45) is 0.717. The van der Waals surface area contributed by atoms with E-state index < -0.39 is 11.7 Å². The Labute approximate surface area is 108 Å². The predicted molar refractivity (Wildman–Crippen MR) is 67.5 cm³/mol. The number of hydrogen-bond acceptors (Lipinski definition) is 2. The average Bonchev–Trinajstić information content (AvgIpc) is 2.32. The first-order valence-corrected chi connectivity index (χ1v) is 6.25. The lowest BCUT2D eigenvalue weighted by Gasteiger charge is -2.06. The molecule has 0 aliphatic rings. The minimum Gasteiger partial charge on any atom is -0.382 e. The molecule has 5 heteroatoms. The molecular weight excluding hydrogens is 289 g/mol. The maximum Gasteiger partial charge on any atom is 0.254 e. The van der Waals surface area contributed by atoms with Crippen LogP contribution < -0.4 is 5.32 Å². The molecule has 0 aromatic heterocycles. The molecule has 1 aromatic rings.